The van der Waals surface area contributed by atoms with Crippen molar-refractivity contribution in [2.24, 2.45) is 4.99 Å². The van der Waals surface area contributed by atoms with Crippen LogP contribution in [0.25, 0.3) is 0 Å². The van der Waals surface area contributed by atoms with Crippen molar-refractivity contribution in [1.29, 1.82) is 0 Å². The van der Waals surface area contributed by atoms with Crippen molar-refractivity contribution in [2.45, 2.75) is 46.0 Å². The number of anilines is 1. The Bertz CT molecular complexity index is 594. The molecular weight excluding hydrogens is 483 g/mol. The molecule has 1 aliphatic heterocycles. The summed E-state index contributed by atoms with van der Waals surface area (Å²) in [7, 11) is 0. The van der Waals surface area contributed by atoms with Crippen LogP contribution < -0.4 is 10.2 Å². The summed E-state index contributed by atoms with van der Waals surface area (Å²) in [4.78, 5) is 29.3. The number of nitrogens with zero attached hydrogens (tertiary/aromatic N) is 5. The van der Waals surface area contributed by atoms with Crippen LogP contribution in [0.2, 0.25) is 0 Å². The number of esters is 1. The van der Waals surface area contributed by atoms with E-state index in [1.165, 1.54) is 0 Å². The smallest absolute Gasteiger partial charge is 0.305 e. The maximum absolute atomic E-state index is 11.3. The van der Waals surface area contributed by atoms with Gasteiger partial charge < -0.3 is 19.9 Å². The van der Waals surface area contributed by atoms with E-state index in [1.807, 2.05) is 13.0 Å². The highest BCUT2D eigenvalue weighted by Gasteiger charge is 2.20. The molecule has 0 amide bonds. The average molecular weight is 518 g/mol. The maximum Gasteiger partial charge on any atom is 0.305 e. The van der Waals surface area contributed by atoms with Gasteiger partial charge in [-0.05, 0) is 32.8 Å². The van der Waals surface area contributed by atoms with Crippen molar-refractivity contribution in [3.05, 3.63) is 18.5 Å². The molecule has 1 fully saturated rings. The summed E-state index contributed by atoms with van der Waals surface area (Å²) in [5, 5.41) is 3.40. The van der Waals surface area contributed by atoms with E-state index in [2.05, 4.69) is 32.0 Å². The summed E-state index contributed by atoms with van der Waals surface area (Å²) in [6.07, 6.45) is 8.15. The molecule has 0 aromatic carbocycles. The fourth-order valence-corrected chi connectivity index (χ4v) is 3.15. The highest BCUT2D eigenvalue weighted by molar-refractivity contribution is 14.0. The van der Waals surface area contributed by atoms with Crippen molar-refractivity contribution >= 4 is 41.9 Å². The molecule has 2 heterocycles. The third kappa shape index (κ3) is 9.60. The highest BCUT2D eigenvalue weighted by atomic mass is 127. The minimum atomic E-state index is -0.0880. The monoisotopic (exact) mass is 518 g/mol. The van der Waals surface area contributed by atoms with E-state index in [1.54, 1.807) is 12.4 Å². The van der Waals surface area contributed by atoms with Gasteiger partial charge >= 0.3 is 5.97 Å². The van der Waals surface area contributed by atoms with Crippen molar-refractivity contribution < 1.29 is 9.53 Å². The second-order valence-electron chi connectivity index (χ2n) is 6.73. The Hall–Kier alpha value is -1.65. The van der Waals surface area contributed by atoms with Gasteiger partial charge in [-0.3, -0.25) is 9.79 Å². The predicted molar refractivity (Wildman–Crippen MR) is 127 cm³/mol. The Labute approximate surface area is 191 Å². The Morgan fingerprint density at radius 3 is 2.45 bits per heavy atom. The molecular formula is C20H35IN6O2. The van der Waals surface area contributed by atoms with Gasteiger partial charge in [0.25, 0.3) is 0 Å². The summed E-state index contributed by atoms with van der Waals surface area (Å²) in [5.41, 5.74) is 0. The van der Waals surface area contributed by atoms with Crippen molar-refractivity contribution in [2.75, 3.05) is 50.8 Å². The molecule has 164 valence electrons. The summed E-state index contributed by atoms with van der Waals surface area (Å²) in [6, 6.07) is 1.84. The molecule has 0 spiro atoms. The van der Waals surface area contributed by atoms with Crippen molar-refractivity contribution in [3.63, 3.8) is 0 Å². The van der Waals surface area contributed by atoms with Crippen molar-refractivity contribution in [1.82, 2.24) is 20.2 Å². The lowest BCUT2D eigenvalue weighted by atomic mass is 10.1. The van der Waals surface area contributed by atoms with Crippen LogP contribution in [0.1, 0.15) is 46.0 Å². The number of aliphatic imine (C=N–C) groups is 1. The first-order valence-electron chi connectivity index (χ1n) is 10.5. The van der Waals surface area contributed by atoms with Crippen LogP contribution in [0, 0.1) is 0 Å². The molecule has 0 radical (unpaired) electrons. The number of hydrogen-bond donors (Lipinski definition) is 1. The second kappa shape index (κ2) is 15.2. The number of carbonyl (C=O) groups excluding carboxylic acids is 1. The van der Waals surface area contributed by atoms with Gasteiger partial charge in [0.1, 0.15) is 0 Å². The second-order valence-corrected chi connectivity index (χ2v) is 6.73. The number of ether oxygens (including phenoxy) is 1. The quantitative estimate of drug-likeness (QED) is 0.168. The maximum atomic E-state index is 11.3. The van der Waals surface area contributed by atoms with Gasteiger partial charge in [-0.25, -0.2) is 9.97 Å². The van der Waals surface area contributed by atoms with Crippen LogP contribution in [0.4, 0.5) is 5.95 Å². The van der Waals surface area contributed by atoms with Crippen molar-refractivity contribution in [3.8, 4) is 0 Å². The Kier molecular flexibility index (Phi) is 13.3. The molecule has 0 aliphatic carbocycles. The number of rotatable bonds is 10. The third-order valence-corrected chi connectivity index (χ3v) is 4.60. The number of unbranched alkanes of at least 4 members (excludes halogenated alkanes) is 3. The largest absolute Gasteiger partial charge is 0.466 e. The molecule has 1 aromatic heterocycles. The third-order valence-electron chi connectivity index (χ3n) is 4.60. The normalized spacial score (nSPS) is 14.3. The fraction of sp³-hybridized carbons (Fsp3) is 0.700. The van der Waals surface area contributed by atoms with E-state index in [-0.39, 0.29) is 29.9 Å². The van der Waals surface area contributed by atoms with E-state index < -0.39 is 0 Å². The molecule has 1 aliphatic rings. The van der Waals surface area contributed by atoms with Gasteiger partial charge in [0, 0.05) is 58.1 Å². The van der Waals surface area contributed by atoms with Gasteiger partial charge in [0.2, 0.25) is 5.95 Å². The summed E-state index contributed by atoms with van der Waals surface area (Å²) >= 11 is 0. The SMILES string of the molecule is CCNC(=NCCCCCCC(=O)OCC)N1CCN(c2ncccn2)CC1.I. The van der Waals surface area contributed by atoms with E-state index >= 15 is 0 Å². The number of piperazine rings is 1. The molecule has 9 heteroatoms. The molecule has 1 N–H and O–H groups in total. The van der Waals surface area contributed by atoms with E-state index in [9.17, 15) is 4.79 Å². The summed E-state index contributed by atoms with van der Waals surface area (Å²) < 4.78 is 4.95. The highest BCUT2D eigenvalue weighted by Crippen LogP contribution is 2.10. The Balaban J connectivity index is 0.00000420. The fourth-order valence-electron chi connectivity index (χ4n) is 3.15. The molecule has 0 saturated carbocycles. The lowest BCUT2D eigenvalue weighted by molar-refractivity contribution is -0.143. The van der Waals surface area contributed by atoms with Gasteiger partial charge in [0.05, 0.1) is 6.61 Å². The van der Waals surface area contributed by atoms with Crippen LogP contribution in [0.15, 0.2) is 23.5 Å². The minimum Gasteiger partial charge on any atom is -0.466 e. The van der Waals surface area contributed by atoms with E-state index in [0.717, 1.165) is 76.9 Å². The Morgan fingerprint density at radius 1 is 1.10 bits per heavy atom. The number of halogens is 1. The van der Waals surface area contributed by atoms with Gasteiger partial charge in [0.15, 0.2) is 5.96 Å². The number of hydrogen-bond acceptors (Lipinski definition) is 6. The van der Waals surface area contributed by atoms with Crippen LogP contribution in [0.5, 0.6) is 0 Å². The molecule has 8 nitrogen and oxygen atoms in total. The average Bonchev–Trinajstić information content (AvgIpc) is 2.73. The first-order chi connectivity index (χ1) is 13.7. The zero-order chi connectivity index (χ0) is 20.0. The number of aromatic nitrogens is 2. The molecule has 29 heavy (non-hydrogen) atoms. The van der Waals surface area contributed by atoms with Gasteiger partial charge in [-0.15, -0.1) is 24.0 Å². The molecule has 0 bridgehead atoms. The molecule has 0 unspecified atom stereocenters. The molecule has 0 atom stereocenters. The summed E-state index contributed by atoms with van der Waals surface area (Å²) in [6.45, 7) is 9.67. The van der Waals surface area contributed by atoms with Crippen LogP contribution in [0.3, 0.4) is 0 Å². The number of guanidine groups is 1. The first-order valence-corrected chi connectivity index (χ1v) is 10.5. The van der Waals surface area contributed by atoms with Crippen LogP contribution >= 0.6 is 24.0 Å². The van der Waals surface area contributed by atoms with Gasteiger partial charge in [-0.1, -0.05) is 12.8 Å². The molecule has 1 saturated heterocycles. The Morgan fingerprint density at radius 2 is 1.79 bits per heavy atom. The predicted octanol–water partition coefficient (Wildman–Crippen LogP) is 2.70. The number of nitrogens with one attached hydrogen (secondary N) is 1. The van der Waals surface area contributed by atoms with Gasteiger partial charge in [-0.2, -0.15) is 0 Å². The first kappa shape index (κ1) is 25.4. The molecule has 2 rings (SSSR count). The lowest BCUT2D eigenvalue weighted by Crippen LogP contribution is -2.53. The number of carbonyl (C=O) groups is 1. The van der Waals surface area contributed by atoms with Crippen LogP contribution in [-0.4, -0.2) is 72.7 Å². The minimum absolute atomic E-state index is 0. The van der Waals surface area contributed by atoms with Crippen LogP contribution in [-0.2, 0) is 9.53 Å². The lowest BCUT2D eigenvalue weighted by Gasteiger charge is -2.36. The van der Waals surface area contributed by atoms with E-state index in [0.29, 0.717) is 13.0 Å². The van der Waals surface area contributed by atoms with E-state index in [4.69, 9.17) is 9.73 Å². The standard InChI is InChI=1S/C20H34N6O2.HI/c1-3-21-19(22-11-8-6-5-7-10-18(27)28-4-2)25-14-16-26(17-15-25)20-23-12-9-13-24-20;/h9,12-13H,3-8,10-11,14-17H2,1-2H3,(H,21,22);1H. The summed E-state index contributed by atoms with van der Waals surface area (Å²) in [5.74, 6) is 1.70. The topological polar surface area (TPSA) is 83.0 Å². The zero-order valence-electron chi connectivity index (χ0n) is 17.7. The zero-order valence-corrected chi connectivity index (χ0v) is 20.0. The molecule has 1 aromatic rings.